The molecule has 3 N–H and O–H groups in total. The number of anilines is 1. The van der Waals surface area contributed by atoms with E-state index < -0.39 is 0 Å². The molecule has 48 heavy (non-hydrogen) atoms. The highest BCUT2D eigenvalue weighted by atomic mass is 32.1. The lowest BCUT2D eigenvalue weighted by Crippen LogP contribution is -2.02. The molecule has 0 aliphatic heterocycles. The average molecular weight is 656 g/mol. The van der Waals surface area contributed by atoms with Gasteiger partial charge in [-0.3, -0.25) is 5.41 Å². The first-order valence-corrected chi connectivity index (χ1v) is 17.5. The summed E-state index contributed by atoms with van der Waals surface area (Å²) in [6, 6.07) is 40.7. The summed E-state index contributed by atoms with van der Waals surface area (Å²) >= 11 is 3.48. The summed E-state index contributed by atoms with van der Waals surface area (Å²) in [7, 11) is 2.21. The summed E-state index contributed by atoms with van der Waals surface area (Å²) in [5, 5.41) is 19.1. The summed E-state index contributed by atoms with van der Waals surface area (Å²) < 4.78 is 5.13. The highest BCUT2D eigenvalue weighted by Gasteiger charge is 2.21. The molecular formula is C43H33N3S2. The minimum atomic E-state index is 0.476. The van der Waals surface area contributed by atoms with Crippen LogP contribution in [-0.4, -0.2) is 10.3 Å². The molecule has 5 heteroatoms. The third-order valence-electron chi connectivity index (χ3n) is 9.22. The zero-order chi connectivity index (χ0) is 32.9. The molecule has 0 saturated heterocycles. The number of hydrogen-bond acceptors (Lipinski definition) is 4. The van der Waals surface area contributed by atoms with Crippen molar-refractivity contribution in [1.82, 2.24) is 4.57 Å². The van der Waals surface area contributed by atoms with Gasteiger partial charge in [0.05, 0.1) is 26.5 Å². The monoisotopic (exact) mass is 655 g/mol. The van der Waals surface area contributed by atoms with E-state index in [2.05, 4.69) is 103 Å². The molecule has 3 aromatic heterocycles. The van der Waals surface area contributed by atoms with Crippen molar-refractivity contribution in [3.8, 4) is 0 Å². The number of rotatable bonds is 4. The fraction of sp³-hybridized carbons (Fsp3) is 0.0465. The molecule has 0 radical (unpaired) electrons. The number of benzene rings is 6. The molecule has 9 rings (SSSR count). The second-order valence-electron chi connectivity index (χ2n) is 12.0. The Balaban J connectivity index is 0.000000155. The van der Waals surface area contributed by atoms with Crippen molar-refractivity contribution >= 4 is 104 Å². The molecule has 3 heterocycles. The fourth-order valence-corrected chi connectivity index (χ4v) is 9.34. The topological polar surface area (TPSA) is 54.8 Å². The van der Waals surface area contributed by atoms with E-state index in [9.17, 15) is 0 Å². The predicted octanol–water partition coefficient (Wildman–Crippen LogP) is 12.3. The van der Waals surface area contributed by atoms with Gasteiger partial charge in [-0.25, -0.2) is 0 Å². The third kappa shape index (κ3) is 4.66. The van der Waals surface area contributed by atoms with Crippen molar-refractivity contribution in [2.75, 3.05) is 5.73 Å². The number of fused-ring (bicyclic) bond motifs is 12. The number of thiophene rings is 2. The van der Waals surface area contributed by atoms with E-state index in [0.29, 0.717) is 11.4 Å². The Hall–Kier alpha value is -5.49. The predicted molar refractivity (Wildman–Crippen MR) is 213 cm³/mol. The van der Waals surface area contributed by atoms with Crippen molar-refractivity contribution in [1.29, 1.82) is 5.41 Å². The lowest BCUT2D eigenvalue weighted by atomic mass is 9.94. The van der Waals surface area contributed by atoms with Gasteiger partial charge in [0.2, 0.25) is 0 Å². The molecule has 0 atom stereocenters. The molecule has 0 aliphatic carbocycles. The van der Waals surface area contributed by atoms with Crippen molar-refractivity contribution < 1.29 is 0 Å². The minimum absolute atomic E-state index is 0.476. The van der Waals surface area contributed by atoms with Gasteiger partial charge in [0.25, 0.3) is 0 Å². The SMILES string of the molecule is C=C/C=C\c1c(C)sc(C(=N)c2ccccc2)c1N.Cn1c2ccccc2c2c3ccc4ccccc4c3c3c4ccccc4sc3c21. The number of aromatic nitrogens is 1. The van der Waals surface area contributed by atoms with Crippen LogP contribution in [0.1, 0.15) is 20.9 Å². The van der Waals surface area contributed by atoms with Crippen LogP contribution in [0.4, 0.5) is 5.69 Å². The van der Waals surface area contributed by atoms with Crippen LogP contribution in [0.5, 0.6) is 0 Å². The van der Waals surface area contributed by atoms with Crippen molar-refractivity contribution in [2.45, 2.75) is 6.92 Å². The molecule has 6 aromatic carbocycles. The first-order chi connectivity index (χ1) is 23.5. The van der Waals surface area contributed by atoms with Gasteiger partial charge in [0.1, 0.15) is 0 Å². The molecule has 0 saturated carbocycles. The number of nitrogens with two attached hydrogens (primary N) is 1. The first kappa shape index (κ1) is 29.9. The second kappa shape index (κ2) is 11.9. The summed E-state index contributed by atoms with van der Waals surface area (Å²) in [6.45, 7) is 5.68. The van der Waals surface area contributed by atoms with Gasteiger partial charge in [-0.2, -0.15) is 0 Å². The maximum Gasteiger partial charge on any atom is 0.0805 e. The summed E-state index contributed by atoms with van der Waals surface area (Å²) in [6.07, 6.45) is 5.52. The Morgan fingerprint density at radius 2 is 1.42 bits per heavy atom. The largest absolute Gasteiger partial charge is 0.397 e. The van der Waals surface area contributed by atoms with E-state index in [1.54, 1.807) is 17.4 Å². The van der Waals surface area contributed by atoms with Crippen LogP contribution in [-0.2, 0) is 7.05 Å². The van der Waals surface area contributed by atoms with Crippen molar-refractivity contribution in [3.63, 3.8) is 0 Å². The van der Waals surface area contributed by atoms with Crippen molar-refractivity contribution in [3.05, 3.63) is 155 Å². The molecule has 3 nitrogen and oxygen atoms in total. The Labute approximate surface area is 287 Å². The van der Waals surface area contributed by atoms with Gasteiger partial charge < -0.3 is 10.3 Å². The molecule has 0 amide bonds. The smallest absolute Gasteiger partial charge is 0.0805 e. The minimum Gasteiger partial charge on any atom is -0.397 e. The van der Waals surface area contributed by atoms with Gasteiger partial charge in [0.15, 0.2) is 0 Å². The number of nitrogens with zero attached hydrogens (tertiary/aromatic N) is 1. The molecule has 0 aliphatic rings. The maximum absolute atomic E-state index is 8.28. The van der Waals surface area contributed by atoms with Crippen LogP contribution in [0.2, 0.25) is 0 Å². The maximum atomic E-state index is 8.28. The number of nitrogen functional groups attached to an aromatic ring is 1. The normalized spacial score (nSPS) is 11.7. The summed E-state index contributed by atoms with van der Waals surface area (Å²) in [5.74, 6) is 0. The third-order valence-corrected chi connectivity index (χ3v) is 11.6. The van der Waals surface area contributed by atoms with Crippen LogP contribution in [0, 0.1) is 12.3 Å². The quantitative estimate of drug-likeness (QED) is 0.111. The number of hydrogen-bond donors (Lipinski definition) is 2. The van der Waals surface area contributed by atoms with E-state index in [0.717, 1.165) is 20.9 Å². The Bertz CT molecular complexity index is 2740. The Morgan fingerprint density at radius 3 is 2.21 bits per heavy atom. The second-order valence-corrected chi connectivity index (χ2v) is 14.2. The van der Waals surface area contributed by atoms with Crippen LogP contribution >= 0.6 is 22.7 Å². The summed E-state index contributed by atoms with van der Waals surface area (Å²) in [4.78, 5) is 1.94. The summed E-state index contributed by atoms with van der Waals surface area (Å²) in [5.41, 5.74) is 11.8. The molecule has 232 valence electrons. The van der Waals surface area contributed by atoms with E-state index in [-0.39, 0.29) is 0 Å². The highest BCUT2D eigenvalue weighted by molar-refractivity contribution is 7.27. The number of nitrogens with one attached hydrogen (secondary N) is 1. The zero-order valence-electron chi connectivity index (χ0n) is 26.7. The van der Waals surface area contributed by atoms with Gasteiger partial charge in [-0.15, -0.1) is 22.7 Å². The number of allylic oxidation sites excluding steroid dienone is 2. The molecule has 0 fully saturated rings. The highest BCUT2D eigenvalue weighted by Crippen LogP contribution is 2.48. The standard InChI is InChI=1S/C27H17NS.C16H16N2S/c1-28-21-12-6-4-10-18(21)24-20-15-14-16-8-2-3-9-17(16)23(20)25-19-11-5-7-13-22(19)29-27(25)26(24)28;1-3-4-10-13-11(2)19-16(15(13)18)14(17)12-8-6-5-7-9-12/h2-15H,1H3;3-10,17H,1,18H2,2H3/b;10-4-,17-14?. The lowest BCUT2D eigenvalue weighted by Gasteiger charge is -2.09. The van der Waals surface area contributed by atoms with Crippen molar-refractivity contribution in [2.24, 2.45) is 7.05 Å². The van der Waals surface area contributed by atoms with E-state index in [1.807, 2.05) is 60.7 Å². The van der Waals surface area contributed by atoms with Gasteiger partial charge in [0, 0.05) is 54.8 Å². The van der Waals surface area contributed by atoms with Crippen LogP contribution < -0.4 is 5.73 Å². The molecule has 0 bridgehead atoms. The van der Waals surface area contributed by atoms with E-state index in [1.165, 1.54) is 63.5 Å². The average Bonchev–Trinajstić information content (AvgIpc) is 3.76. The van der Waals surface area contributed by atoms with Gasteiger partial charge >= 0.3 is 0 Å². The van der Waals surface area contributed by atoms with Crippen LogP contribution in [0.15, 0.2) is 134 Å². The Kier molecular flexibility index (Phi) is 7.44. The van der Waals surface area contributed by atoms with Gasteiger partial charge in [-0.1, -0.05) is 128 Å². The number of aryl methyl sites for hydroxylation is 2. The number of para-hydroxylation sites is 1. The molecule has 0 spiro atoms. The molecular weight excluding hydrogens is 623 g/mol. The zero-order valence-corrected chi connectivity index (χ0v) is 28.4. The van der Waals surface area contributed by atoms with Crippen LogP contribution in [0.3, 0.4) is 0 Å². The fourth-order valence-electron chi connectivity index (χ4n) is 7.01. The Morgan fingerprint density at radius 1 is 0.729 bits per heavy atom. The first-order valence-electron chi connectivity index (χ1n) is 15.9. The van der Waals surface area contributed by atoms with Gasteiger partial charge in [-0.05, 0) is 40.6 Å². The van der Waals surface area contributed by atoms with E-state index >= 15 is 0 Å². The lowest BCUT2D eigenvalue weighted by molar-refractivity contribution is 1.02. The molecule has 0 unspecified atom stereocenters. The van der Waals surface area contributed by atoms with Crippen LogP contribution in [0.25, 0.3) is 69.6 Å². The van der Waals surface area contributed by atoms with E-state index in [4.69, 9.17) is 11.1 Å². The molecule has 9 aromatic rings.